The molecule has 2 aromatic carbocycles. The molecule has 5 nitrogen and oxygen atoms in total. The van der Waals surface area contributed by atoms with Crippen LogP contribution in [0.5, 0.6) is 5.75 Å². The van der Waals surface area contributed by atoms with Gasteiger partial charge in [-0.05, 0) is 49.6 Å². The van der Waals surface area contributed by atoms with E-state index in [9.17, 15) is 0 Å². The maximum Gasteiger partial charge on any atom is 0.188 e. The lowest BCUT2D eigenvalue weighted by atomic mass is 10.0. The largest absolute Gasteiger partial charge is 0.494 e. The third-order valence-electron chi connectivity index (χ3n) is 5.93. The SMILES string of the molecule is COC1=Nc2cc(OCCCCN3CCN(c4cccc(Cl)c4Cl)CC3)ccc2CC1. The predicted octanol–water partition coefficient (Wildman–Crippen LogP) is 5.60. The van der Waals surface area contributed by atoms with Gasteiger partial charge in [0.25, 0.3) is 0 Å². The molecule has 7 heteroatoms. The number of aryl methyl sites for hydroxylation is 1. The summed E-state index contributed by atoms with van der Waals surface area (Å²) in [5.74, 6) is 1.68. The molecule has 2 aromatic rings. The molecule has 0 spiro atoms. The fourth-order valence-corrected chi connectivity index (χ4v) is 4.52. The molecule has 0 radical (unpaired) electrons. The molecule has 0 saturated carbocycles. The molecule has 166 valence electrons. The summed E-state index contributed by atoms with van der Waals surface area (Å²) in [5.41, 5.74) is 3.26. The Labute approximate surface area is 194 Å². The molecule has 0 bridgehead atoms. The summed E-state index contributed by atoms with van der Waals surface area (Å²) in [6.07, 6.45) is 3.99. The monoisotopic (exact) mass is 461 g/mol. The van der Waals surface area contributed by atoms with Crippen LogP contribution in [0.1, 0.15) is 24.8 Å². The Morgan fingerprint density at radius 1 is 1.00 bits per heavy atom. The number of piperazine rings is 1. The number of fused-ring (bicyclic) bond motifs is 1. The highest BCUT2D eigenvalue weighted by Gasteiger charge is 2.19. The lowest BCUT2D eigenvalue weighted by Crippen LogP contribution is -2.46. The fraction of sp³-hybridized carbons (Fsp3) is 0.458. The maximum atomic E-state index is 6.37. The lowest BCUT2D eigenvalue weighted by molar-refractivity contribution is 0.238. The van der Waals surface area contributed by atoms with Crippen LogP contribution in [0.3, 0.4) is 0 Å². The minimum Gasteiger partial charge on any atom is -0.494 e. The van der Waals surface area contributed by atoms with Gasteiger partial charge in [-0.15, -0.1) is 0 Å². The number of rotatable bonds is 7. The minimum atomic E-state index is 0.617. The Kier molecular flexibility index (Phi) is 7.59. The number of nitrogens with zero attached hydrogens (tertiary/aromatic N) is 3. The summed E-state index contributed by atoms with van der Waals surface area (Å²) in [4.78, 5) is 9.39. The summed E-state index contributed by atoms with van der Waals surface area (Å²) in [5, 5.41) is 1.27. The number of ether oxygens (including phenoxy) is 2. The van der Waals surface area contributed by atoms with Crippen LogP contribution in [0.2, 0.25) is 10.0 Å². The topological polar surface area (TPSA) is 37.3 Å². The van der Waals surface area contributed by atoms with Crippen LogP contribution >= 0.6 is 23.2 Å². The fourth-order valence-electron chi connectivity index (χ4n) is 4.10. The number of methoxy groups -OCH3 is 1. The first-order chi connectivity index (χ1) is 15.1. The van der Waals surface area contributed by atoms with Crippen molar-refractivity contribution in [1.82, 2.24) is 4.90 Å². The van der Waals surface area contributed by atoms with Crippen molar-refractivity contribution in [1.29, 1.82) is 0 Å². The molecule has 4 rings (SSSR count). The Morgan fingerprint density at radius 2 is 1.84 bits per heavy atom. The van der Waals surface area contributed by atoms with E-state index in [0.29, 0.717) is 10.0 Å². The van der Waals surface area contributed by atoms with Crippen LogP contribution in [0.4, 0.5) is 11.4 Å². The van der Waals surface area contributed by atoms with E-state index in [0.717, 1.165) is 88.0 Å². The second kappa shape index (κ2) is 10.6. The van der Waals surface area contributed by atoms with Gasteiger partial charge in [-0.25, -0.2) is 4.99 Å². The van der Waals surface area contributed by atoms with Crippen LogP contribution in [0, 0.1) is 0 Å². The first-order valence-corrected chi connectivity index (χ1v) is 11.7. The summed E-state index contributed by atoms with van der Waals surface area (Å²) < 4.78 is 11.3. The minimum absolute atomic E-state index is 0.617. The Hall–Kier alpha value is -1.95. The number of aliphatic imine (C=N–C) groups is 1. The van der Waals surface area contributed by atoms with Crippen LogP contribution < -0.4 is 9.64 Å². The van der Waals surface area contributed by atoms with E-state index in [1.165, 1.54) is 5.56 Å². The van der Waals surface area contributed by atoms with Gasteiger partial charge < -0.3 is 14.4 Å². The quantitative estimate of drug-likeness (QED) is 0.503. The van der Waals surface area contributed by atoms with Crippen molar-refractivity contribution in [2.24, 2.45) is 4.99 Å². The third-order valence-corrected chi connectivity index (χ3v) is 6.74. The van der Waals surface area contributed by atoms with Gasteiger partial charge in [0, 0.05) is 38.7 Å². The third kappa shape index (κ3) is 5.65. The predicted molar refractivity (Wildman–Crippen MR) is 129 cm³/mol. The zero-order valence-corrected chi connectivity index (χ0v) is 19.5. The summed E-state index contributed by atoms with van der Waals surface area (Å²) in [6.45, 7) is 5.82. The molecule has 0 aliphatic carbocycles. The molecule has 1 saturated heterocycles. The number of benzene rings is 2. The zero-order chi connectivity index (χ0) is 21.6. The van der Waals surface area contributed by atoms with Crippen LogP contribution in [-0.2, 0) is 11.2 Å². The van der Waals surface area contributed by atoms with E-state index in [4.69, 9.17) is 32.7 Å². The number of hydrogen-bond acceptors (Lipinski definition) is 5. The molecule has 2 aliphatic heterocycles. The molecule has 0 aromatic heterocycles. The molecule has 1 fully saturated rings. The van der Waals surface area contributed by atoms with Crippen molar-refractivity contribution in [3.05, 3.63) is 52.0 Å². The van der Waals surface area contributed by atoms with Crippen molar-refractivity contribution < 1.29 is 9.47 Å². The summed E-state index contributed by atoms with van der Waals surface area (Å²) in [7, 11) is 1.68. The van der Waals surface area contributed by atoms with Gasteiger partial charge in [0.1, 0.15) is 5.75 Å². The lowest BCUT2D eigenvalue weighted by Gasteiger charge is -2.36. The maximum absolute atomic E-state index is 6.37. The molecule has 2 aliphatic rings. The Morgan fingerprint density at radius 3 is 2.65 bits per heavy atom. The smallest absolute Gasteiger partial charge is 0.188 e. The molecule has 2 heterocycles. The van der Waals surface area contributed by atoms with E-state index >= 15 is 0 Å². The van der Waals surface area contributed by atoms with E-state index in [1.54, 1.807) is 7.11 Å². The van der Waals surface area contributed by atoms with Crippen molar-refractivity contribution >= 4 is 40.5 Å². The number of unbranched alkanes of at least 4 members (excludes halogenated alkanes) is 1. The first-order valence-electron chi connectivity index (χ1n) is 10.9. The summed E-state index contributed by atoms with van der Waals surface area (Å²) in [6, 6.07) is 12.0. The van der Waals surface area contributed by atoms with Gasteiger partial charge in [0.15, 0.2) is 5.90 Å². The molecule has 0 N–H and O–H groups in total. The average molecular weight is 462 g/mol. The second-order valence-electron chi connectivity index (χ2n) is 7.96. The van der Waals surface area contributed by atoms with Crippen LogP contribution in [0.15, 0.2) is 41.4 Å². The highest BCUT2D eigenvalue weighted by atomic mass is 35.5. The molecule has 31 heavy (non-hydrogen) atoms. The van der Waals surface area contributed by atoms with Crippen molar-refractivity contribution in [3.63, 3.8) is 0 Å². The second-order valence-corrected chi connectivity index (χ2v) is 8.74. The van der Waals surface area contributed by atoms with Gasteiger partial charge in [0.2, 0.25) is 0 Å². The van der Waals surface area contributed by atoms with Gasteiger partial charge >= 0.3 is 0 Å². The molecular formula is C24H29Cl2N3O2. The highest BCUT2D eigenvalue weighted by molar-refractivity contribution is 6.43. The van der Waals surface area contributed by atoms with Crippen LogP contribution in [-0.4, -0.2) is 57.2 Å². The Balaban J connectivity index is 1.16. The van der Waals surface area contributed by atoms with E-state index < -0.39 is 0 Å². The van der Waals surface area contributed by atoms with Crippen molar-refractivity contribution in [2.45, 2.75) is 25.7 Å². The zero-order valence-electron chi connectivity index (χ0n) is 17.9. The van der Waals surface area contributed by atoms with Crippen molar-refractivity contribution in [3.8, 4) is 5.75 Å². The van der Waals surface area contributed by atoms with Gasteiger partial charge in [-0.1, -0.05) is 35.3 Å². The molecule has 0 amide bonds. The molecule has 0 unspecified atom stereocenters. The van der Waals surface area contributed by atoms with E-state index in [2.05, 4.69) is 20.9 Å². The van der Waals surface area contributed by atoms with E-state index in [-0.39, 0.29) is 0 Å². The van der Waals surface area contributed by atoms with Gasteiger partial charge in [-0.2, -0.15) is 0 Å². The summed E-state index contributed by atoms with van der Waals surface area (Å²) >= 11 is 12.5. The highest BCUT2D eigenvalue weighted by Crippen LogP contribution is 2.33. The first kappa shape index (κ1) is 22.3. The average Bonchev–Trinajstić information content (AvgIpc) is 2.80. The van der Waals surface area contributed by atoms with Crippen LogP contribution in [0.25, 0.3) is 0 Å². The molecular weight excluding hydrogens is 433 g/mol. The van der Waals surface area contributed by atoms with Crippen molar-refractivity contribution in [2.75, 3.05) is 51.3 Å². The number of hydrogen-bond donors (Lipinski definition) is 0. The Bertz CT molecular complexity index is 927. The normalized spacial score (nSPS) is 16.6. The van der Waals surface area contributed by atoms with Gasteiger partial charge in [0.05, 0.1) is 35.1 Å². The number of anilines is 1. The molecule has 0 atom stereocenters. The van der Waals surface area contributed by atoms with Gasteiger partial charge in [-0.3, -0.25) is 4.90 Å². The standard InChI is InChI=1S/C24H29Cl2N3O2/c1-30-23-10-8-18-7-9-19(17-21(18)27-23)31-16-3-2-11-28-12-14-29(15-13-28)22-6-4-5-20(25)24(22)26/h4-7,9,17H,2-3,8,10-16H2,1H3. The number of halogens is 2. The van der Waals surface area contributed by atoms with E-state index in [1.807, 2.05) is 30.3 Å².